The first-order chi connectivity index (χ1) is 9.47. The van der Waals surface area contributed by atoms with Gasteiger partial charge in [0.1, 0.15) is 0 Å². The average molecular weight is 275 g/mol. The molecule has 1 aromatic carbocycles. The van der Waals surface area contributed by atoms with Gasteiger partial charge in [-0.15, -0.1) is 0 Å². The van der Waals surface area contributed by atoms with Gasteiger partial charge in [-0.2, -0.15) is 0 Å². The average Bonchev–Trinajstić information content (AvgIpc) is 2.96. The van der Waals surface area contributed by atoms with Crippen LogP contribution < -0.4 is 0 Å². The van der Waals surface area contributed by atoms with Crippen molar-refractivity contribution in [1.29, 1.82) is 0 Å². The van der Waals surface area contributed by atoms with E-state index in [1.165, 1.54) is 29.5 Å². The van der Waals surface area contributed by atoms with Gasteiger partial charge < -0.3 is 5.11 Å². The number of hydrogen-bond donors (Lipinski definition) is 1. The number of rotatable bonds is 5. The maximum Gasteiger partial charge on any atom is 0.0761 e. The molecular weight excluding hydrogens is 246 g/mol. The van der Waals surface area contributed by atoms with E-state index < -0.39 is 0 Å². The Morgan fingerprint density at radius 2 is 1.90 bits per heavy atom. The monoisotopic (exact) mass is 275 g/mol. The Balaban J connectivity index is 2.16. The molecule has 112 valence electrons. The molecule has 2 atom stereocenters. The SMILES string of the molecule is CCC(C)(C(O)Cc1cc(C)ccc1C)N1CCCC1. The maximum absolute atomic E-state index is 10.9. The van der Waals surface area contributed by atoms with Crippen molar-refractivity contribution in [2.24, 2.45) is 0 Å². The molecule has 2 unspecified atom stereocenters. The third kappa shape index (κ3) is 3.07. The smallest absolute Gasteiger partial charge is 0.0761 e. The molecule has 1 aliphatic heterocycles. The van der Waals surface area contributed by atoms with Gasteiger partial charge in [-0.25, -0.2) is 0 Å². The predicted octanol–water partition coefficient (Wildman–Crippen LogP) is 3.47. The van der Waals surface area contributed by atoms with Crippen LogP contribution in [0.2, 0.25) is 0 Å². The number of benzene rings is 1. The summed E-state index contributed by atoms with van der Waals surface area (Å²) in [4.78, 5) is 2.49. The summed E-state index contributed by atoms with van der Waals surface area (Å²) in [5.74, 6) is 0. The Morgan fingerprint density at radius 3 is 2.50 bits per heavy atom. The van der Waals surface area contributed by atoms with Crippen LogP contribution in [0, 0.1) is 13.8 Å². The van der Waals surface area contributed by atoms with Crippen LogP contribution in [0.5, 0.6) is 0 Å². The Bertz CT molecular complexity index is 451. The van der Waals surface area contributed by atoms with Gasteiger partial charge in [0, 0.05) is 12.0 Å². The first kappa shape index (κ1) is 15.5. The zero-order chi connectivity index (χ0) is 14.8. The zero-order valence-corrected chi connectivity index (χ0v) is 13.4. The highest BCUT2D eigenvalue weighted by molar-refractivity contribution is 5.31. The van der Waals surface area contributed by atoms with E-state index in [0.717, 1.165) is 25.9 Å². The van der Waals surface area contributed by atoms with Crippen molar-refractivity contribution in [1.82, 2.24) is 4.90 Å². The lowest BCUT2D eigenvalue weighted by molar-refractivity contribution is -0.0117. The molecule has 0 aromatic heterocycles. The van der Waals surface area contributed by atoms with Gasteiger partial charge in [-0.1, -0.05) is 30.7 Å². The highest BCUT2D eigenvalue weighted by Crippen LogP contribution is 2.30. The van der Waals surface area contributed by atoms with Crippen molar-refractivity contribution < 1.29 is 5.11 Å². The number of aliphatic hydroxyl groups excluding tert-OH is 1. The highest BCUT2D eigenvalue weighted by atomic mass is 16.3. The van der Waals surface area contributed by atoms with Gasteiger partial charge in [-0.3, -0.25) is 4.90 Å². The van der Waals surface area contributed by atoms with E-state index in [2.05, 4.69) is 50.8 Å². The van der Waals surface area contributed by atoms with Gasteiger partial charge >= 0.3 is 0 Å². The molecule has 0 amide bonds. The third-order valence-corrected chi connectivity index (χ3v) is 5.18. The molecular formula is C18H29NO. The van der Waals surface area contributed by atoms with Crippen molar-refractivity contribution in [2.45, 2.75) is 65.0 Å². The molecule has 1 aromatic rings. The van der Waals surface area contributed by atoms with E-state index in [9.17, 15) is 5.11 Å². The molecule has 20 heavy (non-hydrogen) atoms. The Kier molecular flexibility index (Phi) is 4.87. The fourth-order valence-corrected chi connectivity index (χ4v) is 3.35. The van der Waals surface area contributed by atoms with Crippen LogP contribution in [0.25, 0.3) is 0 Å². The van der Waals surface area contributed by atoms with Gasteiger partial charge in [0.25, 0.3) is 0 Å². The molecule has 0 saturated carbocycles. The first-order valence-corrected chi connectivity index (χ1v) is 7.96. The van der Waals surface area contributed by atoms with Crippen LogP contribution in [-0.4, -0.2) is 34.7 Å². The lowest BCUT2D eigenvalue weighted by Crippen LogP contribution is -2.53. The first-order valence-electron chi connectivity index (χ1n) is 7.96. The van der Waals surface area contributed by atoms with Crippen LogP contribution in [0.3, 0.4) is 0 Å². The normalized spacial score (nSPS) is 20.9. The number of aliphatic hydroxyl groups is 1. The minimum absolute atomic E-state index is 0.0906. The van der Waals surface area contributed by atoms with Gasteiger partial charge in [-0.05, 0) is 64.3 Å². The fourth-order valence-electron chi connectivity index (χ4n) is 3.35. The van der Waals surface area contributed by atoms with Crippen LogP contribution >= 0.6 is 0 Å². The molecule has 2 nitrogen and oxygen atoms in total. The van der Waals surface area contributed by atoms with E-state index >= 15 is 0 Å². The van der Waals surface area contributed by atoms with Gasteiger partial charge in [0.15, 0.2) is 0 Å². The summed E-state index contributed by atoms with van der Waals surface area (Å²) in [6.45, 7) is 11.0. The Hall–Kier alpha value is -0.860. The molecule has 1 saturated heterocycles. The van der Waals surface area contributed by atoms with Crippen molar-refractivity contribution in [2.75, 3.05) is 13.1 Å². The molecule has 1 heterocycles. The predicted molar refractivity (Wildman–Crippen MR) is 85.1 cm³/mol. The zero-order valence-electron chi connectivity index (χ0n) is 13.4. The van der Waals surface area contributed by atoms with E-state index in [1.54, 1.807) is 0 Å². The van der Waals surface area contributed by atoms with E-state index in [-0.39, 0.29) is 11.6 Å². The van der Waals surface area contributed by atoms with Gasteiger partial charge in [0.05, 0.1) is 6.10 Å². The number of likely N-dealkylation sites (tertiary alicyclic amines) is 1. The lowest BCUT2D eigenvalue weighted by Gasteiger charge is -2.42. The fraction of sp³-hybridized carbons (Fsp3) is 0.667. The summed E-state index contributed by atoms with van der Waals surface area (Å²) < 4.78 is 0. The van der Waals surface area contributed by atoms with Crippen molar-refractivity contribution >= 4 is 0 Å². The lowest BCUT2D eigenvalue weighted by atomic mass is 9.85. The summed E-state index contributed by atoms with van der Waals surface area (Å²) in [7, 11) is 0. The highest BCUT2D eigenvalue weighted by Gasteiger charge is 2.38. The van der Waals surface area contributed by atoms with Crippen molar-refractivity contribution in [3.8, 4) is 0 Å². The Labute approximate surface area is 123 Å². The van der Waals surface area contributed by atoms with E-state index in [1.807, 2.05) is 0 Å². The molecule has 0 aliphatic carbocycles. The molecule has 1 N–H and O–H groups in total. The molecule has 2 heteroatoms. The maximum atomic E-state index is 10.9. The standard InChI is InChI=1S/C18H29NO/c1-5-18(4,19-10-6-7-11-19)17(20)13-16-12-14(2)8-9-15(16)3/h8-9,12,17,20H,5-7,10-11,13H2,1-4H3. The molecule has 0 bridgehead atoms. The number of nitrogens with zero attached hydrogens (tertiary/aromatic N) is 1. The molecule has 1 fully saturated rings. The second kappa shape index (κ2) is 6.28. The van der Waals surface area contributed by atoms with E-state index in [4.69, 9.17) is 0 Å². The number of hydrogen-bond acceptors (Lipinski definition) is 2. The minimum atomic E-state index is -0.300. The van der Waals surface area contributed by atoms with Gasteiger partial charge in [0.2, 0.25) is 0 Å². The summed E-state index contributed by atoms with van der Waals surface area (Å²) in [5, 5.41) is 10.9. The molecule has 0 radical (unpaired) electrons. The van der Waals surface area contributed by atoms with Crippen molar-refractivity contribution in [3.63, 3.8) is 0 Å². The van der Waals surface area contributed by atoms with E-state index in [0.29, 0.717) is 0 Å². The molecule has 0 spiro atoms. The van der Waals surface area contributed by atoms with Crippen LogP contribution in [0.15, 0.2) is 18.2 Å². The Morgan fingerprint density at radius 1 is 1.25 bits per heavy atom. The quantitative estimate of drug-likeness (QED) is 0.889. The van der Waals surface area contributed by atoms with Crippen LogP contribution in [0.4, 0.5) is 0 Å². The topological polar surface area (TPSA) is 23.5 Å². The van der Waals surface area contributed by atoms with Crippen LogP contribution in [0.1, 0.15) is 49.8 Å². The largest absolute Gasteiger partial charge is 0.391 e. The molecule has 2 rings (SSSR count). The summed E-state index contributed by atoms with van der Waals surface area (Å²) in [5.41, 5.74) is 3.76. The second-order valence-electron chi connectivity index (χ2n) is 6.55. The van der Waals surface area contributed by atoms with Crippen molar-refractivity contribution in [3.05, 3.63) is 34.9 Å². The third-order valence-electron chi connectivity index (χ3n) is 5.18. The summed E-state index contributed by atoms with van der Waals surface area (Å²) in [6, 6.07) is 6.53. The summed E-state index contributed by atoms with van der Waals surface area (Å²) >= 11 is 0. The molecule has 1 aliphatic rings. The summed E-state index contributed by atoms with van der Waals surface area (Å²) in [6.07, 6.45) is 4.00. The number of aryl methyl sites for hydroxylation is 2. The minimum Gasteiger partial charge on any atom is -0.391 e. The van der Waals surface area contributed by atoms with Crippen LogP contribution in [-0.2, 0) is 6.42 Å². The second-order valence-corrected chi connectivity index (χ2v) is 6.55.